The van der Waals surface area contributed by atoms with Crippen LogP contribution in [-0.2, 0) is 20.8 Å². The van der Waals surface area contributed by atoms with Crippen LogP contribution in [0.5, 0.6) is 0 Å². The van der Waals surface area contributed by atoms with E-state index in [-0.39, 0.29) is 13.0 Å². The maximum Gasteiger partial charge on any atom is 0.490 e. The van der Waals surface area contributed by atoms with Gasteiger partial charge < -0.3 is 16.6 Å². The maximum absolute atomic E-state index is 12.2. The van der Waals surface area contributed by atoms with Crippen molar-refractivity contribution in [1.82, 2.24) is 5.06 Å². The molecule has 1 aromatic carbocycles. The third kappa shape index (κ3) is 5.25. The number of aliphatic carboxylic acids is 1. The molecule has 144 valence electrons. The average molecular weight is 377 g/mol. The molecular weight excluding hydrogens is 359 g/mol. The van der Waals surface area contributed by atoms with Crippen molar-refractivity contribution < 1.29 is 37.9 Å². The minimum absolute atomic E-state index is 0.0547. The fraction of sp³-hybridized carbons (Fsp3) is 0.400. The number of Topliss-reactive ketones (excluding diaryl/α,β-unsaturated/α-hetero) is 1. The maximum atomic E-state index is 12.2. The summed E-state index contributed by atoms with van der Waals surface area (Å²) >= 11 is 0. The van der Waals surface area contributed by atoms with Gasteiger partial charge in [0.2, 0.25) is 0 Å². The monoisotopic (exact) mass is 377 g/mol. The molecule has 1 amide bonds. The summed E-state index contributed by atoms with van der Waals surface area (Å²) in [6.07, 6.45) is -4.68. The molecule has 0 aromatic heterocycles. The quantitative estimate of drug-likeness (QED) is 0.429. The van der Waals surface area contributed by atoms with E-state index in [0.717, 1.165) is 5.56 Å². The van der Waals surface area contributed by atoms with Gasteiger partial charge in [-0.05, 0) is 12.0 Å². The summed E-state index contributed by atoms with van der Waals surface area (Å²) in [5, 5.41) is 16.9. The van der Waals surface area contributed by atoms with E-state index >= 15 is 0 Å². The number of halogens is 3. The molecule has 0 radical (unpaired) electrons. The molecule has 0 saturated carbocycles. The highest BCUT2D eigenvalue weighted by Gasteiger charge is 2.50. The van der Waals surface area contributed by atoms with Crippen LogP contribution in [0, 0.1) is 0 Å². The Kier molecular flexibility index (Phi) is 6.84. The Morgan fingerprint density at radius 1 is 1.27 bits per heavy atom. The molecule has 11 heteroatoms. The third-order valence-corrected chi connectivity index (χ3v) is 3.65. The number of carbonyl (C=O) groups excluding carboxylic acids is 2. The first kappa shape index (κ1) is 21.5. The van der Waals surface area contributed by atoms with Crippen LogP contribution in [0.1, 0.15) is 12.0 Å². The highest BCUT2D eigenvalue weighted by Crippen LogP contribution is 2.22. The van der Waals surface area contributed by atoms with Crippen molar-refractivity contribution in [1.29, 1.82) is 0 Å². The number of hydroxylamine groups is 2. The van der Waals surface area contributed by atoms with E-state index in [1.54, 1.807) is 0 Å². The van der Waals surface area contributed by atoms with Gasteiger partial charge in [0, 0.05) is 6.42 Å². The van der Waals surface area contributed by atoms with Gasteiger partial charge >= 0.3 is 12.1 Å². The predicted octanol–water partition coefficient (Wildman–Crippen LogP) is 0.0778. The summed E-state index contributed by atoms with van der Waals surface area (Å²) in [5.41, 5.74) is 10.9. The second-order valence-corrected chi connectivity index (χ2v) is 5.61. The van der Waals surface area contributed by atoms with Crippen LogP contribution >= 0.6 is 0 Å². The average Bonchev–Trinajstić information content (AvgIpc) is 2.83. The van der Waals surface area contributed by atoms with Gasteiger partial charge in [-0.25, -0.2) is 9.86 Å². The highest BCUT2D eigenvalue weighted by molar-refractivity contribution is 6.13. The third-order valence-electron chi connectivity index (χ3n) is 3.65. The van der Waals surface area contributed by atoms with Crippen LogP contribution in [0.3, 0.4) is 0 Å². The molecule has 1 aromatic rings. The van der Waals surface area contributed by atoms with Crippen molar-refractivity contribution in [2.75, 3.05) is 6.54 Å². The van der Waals surface area contributed by atoms with Gasteiger partial charge in [-0.2, -0.15) is 13.2 Å². The standard InChI is InChI=1S/C13H17N3O3.C2HF3O2/c14-10(8-9-4-2-1-3-5-9)11(17)13(15)6-7-16(19)12(13)18;3-2(4,5)1(6)7/h1-5,10,19H,6-8,14-15H2;(H,6,7)/t10-,13+;/m0./s1. The zero-order chi connectivity index (χ0) is 20.1. The predicted molar refractivity (Wildman–Crippen MR) is 81.9 cm³/mol. The largest absolute Gasteiger partial charge is 0.490 e. The molecule has 0 unspecified atom stereocenters. The van der Waals surface area contributed by atoms with Gasteiger partial charge in [0.1, 0.15) is 0 Å². The second-order valence-electron chi connectivity index (χ2n) is 5.61. The fourth-order valence-electron chi connectivity index (χ4n) is 2.24. The molecule has 0 bridgehead atoms. The Morgan fingerprint density at radius 3 is 2.15 bits per heavy atom. The molecule has 0 aliphatic carbocycles. The normalized spacial score (nSPS) is 21.0. The zero-order valence-corrected chi connectivity index (χ0v) is 13.4. The molecule has 26 heavy (non-hydrogen) atoms. The van der Waals surface area contributed by atoms with Crippen molar-refractivity contribution in [3.05, 3.63) is 35.9 Å². The van der Waals surface area contributed by atoms with Crippen LogP contribution in [0.15, 0.2) is 30.3 Å². The molecule has 1 fully saturated rings. The second kappa shape index (κ2) is 8.25. The number of rotatable bonds is 4. The number of amides is 1. The number of carboxylic acid groups (broad SMARTS) is 1. The molecule has 1 aliphatic rings. The highest BCUT2D eigenvalue weighted by atomic mass is 19.4. The summed E-state index contributed by atoms with van der Waals surface area (Å²) < 4.78 is 31.7. The Hall–Kier alpha value is -2.50. The molecule has 6 N–H and O–H groups in total. The van der Waals surface area contributed by atoms with E-state index in [1.165, 1.54) is 0 Å². The Morgan fingerprint density at radius 2 is 1.77 bits per heavy atom. The van der Waals surface area contributed by atoms with Crippen molar-refractivity contribution in [2.45, 2.75) is 30.6 Å². The number of nitrogens with two attached hydrogens (primary N) is 2. The molecule has 1 aliphatic heterocycles. The van der Waals surface area contributed by atoms with Gasteiger partial charge in [0.05, 0.1) is 12.6 Å². The van der Waals surface area contributed by atoms with E-state index in [4.69, 9.17) is 21.4 Å². The Balaban J connectivity index is 0.000000412. The fourth-order valence-corrected chi connectivity index (χ4v) is 2.24. The minimum Gasteiger partial charge on any atom is -0.475 e. The number of carboxylic acids is 1. The van der Waals surface area contributed by atoms with Gasteiger partial charge in [0.15, 0.2) is 11.3 Å². The first-order valence-electron chi connectivity index (χ1n) is 7.33. The molecule has 1 heterocycles. The number of hydrogen-bond donors (Lipinski definition) is 4. The number of hydrogen-bond acceptors (Lipinski definition) is 6. The summed E-state index contributed by atoms with van der Waals surface area (Å²) in [6, 6.07) is 8.41. The lowest BCUT2D eigenvalue weighted by Crippen LogP contribution is -2.59. The van der Waals surface area contributed by atoms with Crippen molar-refractivity contribution in [2.24, 2.45) is 11.5 Å². The topological polar surface area (TPSA) is 147 Å². The van der Waals surface area contributed by atoms with E-state index in [1.807, 2.05) is 30.3 Å². The van der Waals surface area contributed by atoms with Crippen LogP contribution in [0.25, 0.3) is 0 Å². The van der Waals surface area contributed by atoms with Crippen molar-refractivity contribution in [3.63, 3.8) is 0 Å². The van der Waals surface area contributed by atoms with Crippen LogP contribution in [0.2, 0.25) is 0 Å². The summed E-state index contributed by atoms with van der Waals surface area (Å²) in [6.45, 7) is 0.0547. The number of ketones is 1. The summed E-state index contributed by atoms with van der Waals surface area (Å²) in [4.78, 5) is 32.8. The number of carbonyl (C=O) groups is 3. The summed E-state index contributed by atoms with van der Waals surface area (Å²) in [7, 11) is 0. The Labute approximate surface area is 146 Å². The van der Waals surface area contributed by atoms with Crippen molar-refractivity contribution >= 4 is 17.7 Å². The minimum atomic E-state index is -5.08. The first-order chi connectivity index (χ1) is 11.9. The van der Waals surface area contributed by atoms with Gasteiger partial charge in [-0.15, -0.1) is 0 Å². The smallest absolute Gasteiger partial charge is 0.475 e. The number of alkyl halides is 3. The first-order valence-corrected chi connectivity index (χ1v) is 7.33. The molecule has 0 spiro atoms. The van der Waals surface area contributed by atoms with E-state index in [0.29, 0.717) is 11.5 Å². The van der Waals surface area contributed by atoms with Gasteiger partial charge in [0.25, 0.3) is 5.91 Å². The number of nitrogens with zero attached hydrogens (tertiary/aromatic N) is 1. The lowest BCUT2D eigenvalue weighted by molar-refractivity contribution is -0.192. The van der Waals surface area contributed by atoms with Crippen LogP contribution < -0.4 is 11.5 Å². The zero-order valence-electron chi connectivity index (χ0n) is 13.4. The van der Waals surface area contributed by atoms with E-state index in [9.17, 15) is 28.0 Å². The van der Waals surface area contributed by atoms with Crippen LogP contribution in [-0.4, -0.2) is 57.3 Å². The van der Waals surface area contributed by atoms with E-state index < -0.39 is 35.4 Å². The molecule has 8 nitrogen and oxygen atoms in total. The lowest BCUT2D eigenvalue weighted by Gasteiger charge is -2.23. The van der Waals surface area contributed by atoms with Crippen LogP contribution in [0.4, 0.5) is 13.2 Å². The lowest BCUT2D eigenvalue weighted by atomic mass is 9.87. The van der Waals surface area contributed by atoms with Gasteiger partial charge in [-0.3, -0.25) is 14.8 Å². The van der Waals surface area contributed by atoms with Crippen molar-refractivity contribution in [3.8, 4) is 0 Å². The SMILES string of the molecule is N[C@@H](Cc1ccccc1)C(=O)[C@]1(N)CCN(O)C1=O.O=C(O)C(F)(F)F. The molecule has 2 atom stereocenters. The molecule has 1 saturated heterocycles. The van der Waals surface area contributed by atoms with E-state index in [2.05, 4.69) is 0 Å². The molecular formula is C15H18F3N3O5. The molecule has 2 rings (SSSR count). The summed E-state index contributed by atoms with van der Waals surface area (Å²) in [5.74, 6) is -4.06. The Bertz CT molecular complexity index is 668. The number of benzene rings is 1. The van der Waals surface area contributed by atoms with Gasteiger partial charge in [-0.1, -0.05) is 30.3 Å².